The normalized spacial score (nSPS) is 12.7. The summed E-state index contributed by atoms with van der Waals surface area (Å²) in [6.07, 6.45) is 0.261. The predicted octanol–water partition coefficient (Wildman–Crippen LogP) is -1.83. The monoisotopic (exact) mass is 220 g/mol. The van der Waals surface area contributed by atoms with Crippen molar-refractivity contribution in [1.29, 1.82) is 0 Å². The number of nitrogens with two attached hydrogens (primary N) is 1. The highest BCUT2D eigenvalue weighted by Crippen LogP contribution is 2.02. The molecule has 0 aliphatic heterocycles. The summed E-state index contributed by atoms with van der Waals surface area (Å²) in [5, 5.41) is 25.9. The molecule has 0 aliphatic carbocycles. The molecule has 5 N–H and O–H groups in total. The van der Waals surface area contributed by atoms with Crippen molar-refractivity contribution in [3.05, 3.63) is 0 Å². The van der Waals surface area contributed by atoms with Gasteiger partial charge >= 0.3 is 11.9 Å². The third kappa shape index (κ3) is 6.00. The Labute approximate surface area is 87.1 Å². The molecule has 7 heteroatoms. The molecule has 88 valence electrons. The summed E-state index contributed by atoms with van der Waals surface area (Å²) in [6.45, 7) is -0.832. The Morgan fingerprint density at radius 2 is 1.67 bits per heavy atom. The van der Waals surface area contributed by atoms with Crippen molar-refractivity contribution in [3.8, 4) is 0 Å². The molecule has 15 heavy (non-hydrogen) atoms. The quantitative estimate of drug-likeness (QED) is 0.379. The van der Waals surface area contributed by atoms with E-state index in [9.17, 15) is 9.59 Å². The second-order valence-electron chi connectivity index (χ2n) is 3.09. The number of aliphatic carboxylic acids is 2. The number of hydrogen-bond donors (Lipinski definition) is 4. The minimum atomic E-state index is -1.12. The van der Waals surface area contributed by atoms with E-state index in [-0.39, 0.29) is 19.6 Å². The number of nitrogens with zero attached hydrogens (tertiary/aromatic N) is 1. The molecule has 0 bridgehead atoms. The van der Waals surface area contributed by atoms with Crippen LogP contribution in [0.3, 0.4) is 0 Å². The van der Waals surface area contributed by atoms with Crippen LogP contribution in [0, 0.1) is 0 Å². The lowest BCUT2D eigenvalue weighted by atomic mass is 10.2. The standard InChI is InChI=1S/C8H16N2O5/c9-3-6(1-2-11)10(4-7(12)13)5-8(14)15/h6,11H,1-5,9H2,(H,12,13)(H,14,15). The lowest BCUT2D eigenvalue weighted by Crippen LogP contribution is -2.46. The molecule has 0 heterocycles. The van der Waals surface area contributed by atoms with Crippen LogP contribution in [-0.4, -0.2) is 64.4 Å². The fourth-order valence-electron chi connectivity index (χ4n) is 1.26. The van der Waals surface area contributed by atoms with Crippen LogP contribution in [0.5, 0.6) is 0 Å². The zero-order valence-corrected chi connectivity index (χ0v) is 8.30. The number of hydrogen-bond acceptors (Lipinski definition) is 5. The Bertz CT molecular complexity index is 205. The maximum atomic E-state index is 10.5. The average molecular weight is 220 g/mol. The van der Waals surface area contributed by atoms with Crippen LogP contribution < -0.4 is 5.73 Å². The van der Waals surface area contributed by atoms with Gasteiger partial charge in [-0.15, -0.1) is 0 Å². The van der Waals surface area contributed by atoms with Crippen LogP contribution >= 0.6 is 0 Å². The van der Waals surface area contributed by atoms with E-state index in [0.717, 1.165) is 0 Å². The molecule has 0 aliphatic rings. The number of carboxylic acids is 2. The van der Waals surface area contributed by atoms with Crippen LogP contribution in [0.15, 0.2) is 0 Å². The molecule has 1 atom stereocenters. The summed E-state index contributed by atoms with van der Waals surface area (Å²) in [5.74, 6) is -2.24. The minimum absolute atomic E-state index is 0.112. The third-order valence-electron chi connectivity index (χ3n) is 1.93. The molecule has 0 saturated carbocycles. The van der Waals surface area contributed by atoms with Gasteiger partial charge in [-0.2, -0.15) is 0 Å². The summed E-state index contributed by atoms with van der Waals surface area (Å²) in [4.78, 5) is 22.2. The van der Waals surface area contributed by atoms with E-state index in [1.54, 1.807) is 0 Å². The number of rotatable bonds is 8. The second-order valence-corrected chi connectivity index (χ2v) is 3.09. The molecule has 0 aromatic carbocycles. The molecule has 0 aromatic heterocycles. The maximum Gasteiger partial charge on any atom is 0.317 e. The minimum Gasteiger partial charge on any atom is -0.480 e. The first-order valence-electron chi connectivity index (χ1n) is 4.49. The van der Waals surface area contributed by atoms with E-state index in [0.29, 0.717) is 0 Å². The fourth-order valence-corrected chi connectivity index (χ4v) is 1.26. The van der Waals surface area contributed by atoms with E-state index in [2.05, 4.69) is 0 Å². The van der Waals surface area contributed by atoms with Crippen LogP contribution in [0.25, 0.3) is 0 Å². The van der Waals surface area contributed by atoms with Crippen LogP contribution in [0.2, 0.25) is 0 Å². The molecule has 0 saturated heterocycles. The lowest BCUT2D eigenvalue weighted by Gasteiger charge is -2.27. The van der Waals surface area contributed by atoms with Gasteiger partial charge in [0.2, 0.25) is 0 Å². The van der Waals surface area contributed by atoms with E-state index in [1.165, 1.54) is 4.90 Å². The van der Waals surface area contributed by atoms with Crippen LogP contribution in [0.1, 0.15) is 6.42 Å². The summed E-state index contributed by atoms with van der Waals surface area (Å²) < 4.78 is 0. The molecule has 1 unspecified atom stereocenters. The smallest absolute Gasteiger partial charge is 0.317 e. The molecule has 0 spiro atoms. The van der Waals surface area contributed by atoms with Crippen molar-refractivity contribution >= 4 is 11.9 Å². The average Bonchev–Trinajstić information content (AvgIpc) is 2.11. The number of carboxylic acid groups (broad SMARTS) is 2. The van der Waals surface area contributed by atoms with Crippen LogP contribution in [0.4, 0.5) is 0 Å². The molecule has 0 amide bonds. The molecule has 0 aromatic rings. The first-order chi connectivity index (χ1) is 7.01. The van der Waals surface area contributed by atoms with Gasteiger partial charge in [0.15, 0.2) is 0 Å². The first kappa shape index (κ1) is 13.8. The summed E-state index contributed by atoms with van der Waals surface area (Å²) in [5.41, 5.74) is 5.37. The summed E-state index contributed by atoms with van der Waals surface area (Å²) >= 11 is 0. The topological polar surface area (TPSA) is 124 Å². The van der Waals surface area contributed by atoms with Gasteiger partial charge in [0.1, 0.15) is 0 Å². The number of aliphatic hydroxyl groups is 1. The fraction of sp³-hybridized carbons (Fsp3) is 0.750. The van der Waals surface area contributed by atoms with Gasteiger partial charge in [-0.25, -0.2) is 0 Å². The molecule has 0 radical (unpaired) electrons. The van der Waals surface area contributed by atoms with Crippen molar-refractivity contribution in [2.75, 3.05) is 26.2 Å². The van der Waals surface area contributed by atoms with E-state index >= 15 is 0 Å². The van der Waals surface area contributed by atoms with Crippen molar-refractivity contribution in [3.63, 3.8) is 0 Å². The third-order valence-corrected chi connectivity index (χ3v) is 1.93. The Morgan fingerprint density at radius 3 is 1.93 bits per heavy atom. The largest absolute Gasteiger partial charge is 0.480 e. The summed E-state index contributed by atoms with van der Waals surface area (Å²) in [7, 11) is 0. The van der Waals surface area contributed by atoms with Gasteiger partial charge in [0.05, 0.1) is 13.1 Å². The van der Waals surface area contributed by atoms with Crippen LogP contribution in [-0.2, 0) is 9.59 Å². The highest BCUT2D eigenvalue weighted by atomic mass is 16.4. The van der Waals surface area contributed by atoms with Crippen molar-refractivity contribution < 1.29 is 24.9 Å². The number of aliphatic hydroxyl groups excluding tert-OH is 1. The van der Waals surface area contributed by atoms with Gasteiger partial charge in [-0.05, 0) is 6.42 Å². The van der Waals surface area contributed by atoms with Gasteiger partial charge in [-0.3, -0.25) is 14.5 Å². The van der Waals surface area contributed by atoms with Crippen molar-refractivity contribution in [2.45, 2.75) is 12.5 Å². The Kier molecular flexibility index (Phi) is 6.59. The van der Waals surface area contributed by atoms with Crippen molar-refractivity contribution in [1.82, 2.24) is 4.90 Å². The molecule has 0 rings (SSSR count). The highest BCUT2D eigenvalue weighted by molar-refractivity contribution is 5.72. The Hall–Kier alpha value is -1.18. The van der Waals surface area contributed by atoms with E-state index in [1.807, 2.05) is 0 Å². The molecular formula is C8H16N2O5. The molecule has 0 fully saturated rings. The predicted molar refractivity (Wildman–Crippen MR) is 51.4 cm³/mol. The zero-order chi connectivity index (χ0) is 11.8. The summed E-state index contributed by atoms with van der Waals surface area (Å²) in [6, 6.07) is -0.429. The highest BCUT2D eigenvalue weighted by Gasteiger charge is 2.21. The maximum absolute atomic E-state index is 10.5. The van der Waals surface area contributed by atoms with E-state index in [4.69, 9.17) is 21.1 Å². The van der Waals surface area contributed by atoms with Gasteiger partial charge in [0, 0.05) is 19.2 Å². The Balaban J connectivity index is 4.41. The van der Waals surface area contributed by atoms with Gasteiger partial charge in [-0.1, -0.05) is 0 Å². The second kappa shape index (κ2) is 7.16. The van der Waals surface area contributed by atoms with Gasteiger partial charge in [0.25, 0.3) is 0 Å². The lowest BCUT2D eigenvalue weighted by molar-refractivity contribution is -0.142. The van der Waals surface area contributed by atoms with Crippen molar-refractivity contribution in [2.24, 2.45) is 5.73 Å². The Morgan fingerprint density at radius 1 is 1.20 bits per heavy atom. The van der Waals surface area contributed by atoms with E-state index < -0.39 is 31.1 Å². The zero-order valence-electron chi connectivity index (χ0n) is 8.30. The first-order valence-corrected chi connectivity index (χ1v) is 4.49. The molecular weight excluding hydrogens is 204 g/mol. The van der Waals surface area contributed by atoms with Gasteiger partial charge < -0.3 is 21.1 Å². The SMILES string of the molecule is NCC(CCO)N(CC(=O)O)CC(=O)O. The number of carbonyl (C=O) groups is 2. The molecule has 7 nitrogen and oxygen atoms in total.